The first kappa shape index (κ1) is 24.3. The first-order valence-electron chi connectivity index (χ1n) is 10.8. The SMILES string of the molecule is CC[C@H](NC(=O)c1ccc(C)c(S(=O)(=O)Nc2cc(C)ccc2C)c1)c1ccc(OC)cc1. The van der Waals surface area contributed by atoms with E-state index in [1.807, 2.05) is 57.2 Å². The van der Waals surface area contributed by atoms with E-state index in [2.05, 4.69) is 10.0 Å². The summed E-state index contributed by atoms with van der Waals surface area (Å²) in [5.74, 6) is 0.408. The number of ether oxygens (including phenoxy) is 1. The molecule has 0 aliphatic heterocycles. The van der Waals surface area contributed by atoms with Gasteiger partial charge in [-0.05, 0) is 79.8 Å². The molecule has 1 atom stereocenters. The molecular formula is C26H30N2O4S. The van der Waals surface area contributed by atoms with Crippen LogP contribution in [0.3, 0.4) is 0 Å². The van der Waals surface area contributed by atoms with Crippen LogP contribution in [0.15, 0.2) is 65.6 Å². The number of anilines is 1. The lowest BCUT2D eigenvalue weighted by Crippen LogP contribution is -2.28. The summed E-state index contributed by atoms with van der Waals surface area (Å²) in [5.41, 5.74) is 4.09. The highest BCUT2D eigenvalue weighted by Crippen LogP contribution is 2.25. The average Bonchev–Trinajstić information content (AvgIpc) is 2.79. The minimum Gasteiger partial charge on any atom is -0.497 e. The monoisotopic (exact) mass is 466 g/mol. The number of rotatable bonds is 8. The number of nitrogens with one attached hydrogen (secondary N) is 2. The highest BCUT2D eigenvalue weighted by Gasteiger charge is 2.21. The van der Waals surface area contributed by atoms with E-state index in [-0.39, 0.29) is 22.4 Å². The number of hydrogen-bond donors (Lipinski definition) is 2. The van der Waals surface area contributed by atoms with Crippen molar-refractivity contribution in [2.45, 2.75) is 45.1 Å². The lowest BCUT2D eigenvalue weighted by atomic mass is 10.0. The van der Waals surface area contributed by atoms with E-state index in [0.717, 1.165) is 22.4 Å². The fourth-order valence-corrected chi connectivity index (χ4v) is 4.97. The zero-order chi connectivity index (χ0) is 24.2. The van der Waals surface area contributed by atoms with Crippen LogP contribution in [0.2, 0.25) is 0 Å². The topological polar surface area (TPSA) is 84.5 Å². The molecule has 174 valence electrons. The van der Waals surface area contributed by atoms with Gasteiger partial charge in [-0.15, -0.1) is 0 Å². The van der Waals surface area contributed by atoms with Gasteiger partial charge in [0.15, 0.2) is 0 Å². The van der Waals surface area contributed by atoms with Crippen LogP contribution >= 0.6 is 0 Å². The maximum Gasteiger partial charge on any atom is 0.262 e. The lowest BCUT2D eigenvalue weighted by molar-refractivity contribution is 0.0935. The molecule has 6 nitrogen and oxygen atoms in total. The number of benzene rings is 3. The van der Waals surface area contributed by atoms with Crippen molar-refractivity contribution in [1.82, 2.24) is 5.32 Å². The highest BCUT2D eigenvalue weighted by molar-refractivity contribution is 7.92. The third kappa shape index (κ3) is 5.73. The molecule has 0 unspecified atom stereocenters. The summed E-state index contributed by atoms with van der Waals surface area (Å²) in [4.78, 5) is 13.1. The Kier molecular flexibility index (Phi) is 7.43. The molecule has 0 heterocycles. The summed E-state index contributed by atoms with van der Waals surface area (Å²) in [7, 11) is -2.27. The second-order valence-corrected chi connectivity index (χ2v) is 9.76. The van der Waals surface area contributed by atoms with Crippen molar-refractivity contribution in [2.24, 2.45) is 0 Å². The van der Waals surface area contributed by atoms with Crippen molar-refractivity contribution in [1.29, 1.82) is 0 Å². The molecule has 7 heteroatoms. The molecule has 0 spiro atoms. The Bertz CT molecular complexity index is 1250. The van der Waals surface area contributed by atoms with Gasteiger partial charge in [0.1, 0.15) is 5.75 Å². The summed E-state index contributed by atoms with van der Waals surface area (Å²) in [6.45, 7) is 7.44. The number of carbonyl (C=O) groups excluding carboxylic acids is 1. The Labute approximate surface area is 196 Å². The standard InChI is InChI=1S/C26H30N2O4S/c1-6-23(20-11-13-22(32-5)14-12-20)27-26(29)21-10-9-19(4)25(16-21)33(30,31)28-24-15-17(2)7-8-18(24)3/h7-16,23,28H,6H2,1-5H3,(H,27,29)/t23-/m0/s1. The fraction of sp³-hybridized carbons (Fsp3) is 0.269. The summed E-state index contributed by atoms with van der Waals surface area (Å²) in [6.07, 6.45) is 0.684. The van der Waals surface area contributed by atoms with Crippen molar-refractivity contribution < 1.29 is 17.9 Å². The number of aryl methyl sites for hydroxylation is 3. The molecule has 1 amide bonds. The van der Waals surface area contributed by atoms with Crippen molar-refractivity contribution >= 4 is 21.6 Å². The number of carbonyl (C=O) groups is 1. The van der Waals surface area contributed by atoms with E-state index in [0.29, 0.717) is 17.7 Å². The number of hydrogen-bond acceptors (Lipinski definition) is 4. The Hall–Kier alpha value is -3.32. The van der Waals surface area contributed by atoms with Crippen molar-refractivity contribution in [3.63, 3.8) is 0 Å². The highest BCUT2D eigenvalue weighted by atomic mass is 32.2. The molecule has 0 aliphatic carbocycles. The Morgan fingerprint density at radius 3 is 2.24 bits per heavy atom. The van der Waals surface area contributed by atoms with Crippen LogP contribution in [0.4, 0.5) is 5.69 Å². The molecule has 0 bridgehead atoms. The molecule has 2 N–H and O–H groups in total. The largest absolute Gasteiger partial charge is 0.497 e. The van der Waals surface area contributed by atoms with Crippen molar-refractivity contribution in [2.75, 3.05) is 11.8 Å². The van der Waals surface area contributed by atoms with E-state index in [9.17, 15) is 13.2 Å². The molecular weight excluding hydrogens is 436 g/mol. The summed E-state index contributed by atoms with van der Waals surface area (Å²) in [6, 6.07) is 17.6. The van der Waals surface area contributed by atoms with Crippen LogP contribution in [0.25, 0.3) is 0 Å². The van der Waals surface area contributed by atoms with Gasteiger partial charge in [0.2, 0.25) is 0 Å². The van der Waals surface area contributed by atoms with Crippen LogP contribution < -0.4 is 14.8 Å². The Morgan fingerprint density at radius 1 is 0.939 bits per heavy atom. The Balaban J connectivity index is 1.86. The third-order valence-electron chi connectivity index (χ3n) is 5.61. The van der Waals surface area contributed by atoms with Crippen LogP contribution in [-0.2, 0) is 10.0 Å². The van der Waals surface area contributed by atoms with Gasteiger partial charge < -0.3 is 10.1 Å². The normalized spacial score (nSPS) is 12.2. The predicted octanol–water partition coefficient (Wildman–Crippen LogP) is 5.30. The first-order valence-corrected chi connectivity index (χ1v) is 12.3. The van der Waals surface area contributed by atoms with Gasteiger partial charge in [-0.2, -0.15) is 0 Å². The lowest BCUT2D eigenvalue weighted by Gasteiger charge is -2.19. The Morgan fingerprint density at radius 2 is 1.61 bits per heavy atom. The third-order valence-corrected chi connectivity index (χ3v) is 7.12. The summed E-state index contributed by atoms with van der Waals surface area (Å²) in [5, 5.41) is 3.01. The van der Waals surface area contributed by atoms with Crippen LogP contribution in [0.5, 0.6) is 5.75 Å². The van der Waals surface area contributed by atoms with Crippen molar-refractivity contribution in [3.05, 3.63) is 88.5 Å². The van der Waals surface area contributed by atoms with Gasteiger partial charge >= 0.3 is 0 Å². The van der Waals surface area contributed by atoms with Gasteiger partial charge in [-0.25, -0.2) is 8.42 Å². The minimum atomic E-state index is -3.88. The predicted molar refractivity (Wildman–Crippen MR) is 131 cm³/mol. The van der Waals surface area contributed by atoms with Gasteiger partial charge in [0, 0.05) is 5.56 Å². The number of sulfonamides is 1. The van der Waals surface area contributed by atoms with E-state index < -0.39 is 10.0 Å². The average molecular weight is 467 g/mol. The van der Waals surface area contributed by atoms with E-state index >= 15 is 0 Å². The second-order valence-electron chi connectivity index (χ2n) is 8.11. The van der Waals surface area contributed by atoms with Gasteiger partial charge in [-0.1, -0.05) is 37.3 Å². The van der Waals surface area contributed by atoms with Gasteiger partial charge in [0.25, 0.3) is 15.9 Å². The molecule has 33 heavy (non-hydrogen) atoms. The van der Waals surface area contributed by atoms with Gasteiger partial charge in [0.05, 0.1) is 23.7 Å². The quantitative estimate of drug-likeness (QED) is 0.472. The molecule has 3 aromatic carbocycles. The van der Waals surface area contributed by atoms with Gasteiger partial charge in [-0.3, -0.25) is 9.52 Å². The molecule has 3 aromatic rings. The fourth-order valence-electron chi connectivity index (χ4n) is 3.58. The zero-order valence-corrected chi connectivity index (χ0v) is 20.4. The van der Waals surface area contributed by atoms with E-state index in [1.165, 1.54) is 6.07 Å². The summed E-state index contributed by atoms with van der Waals surface area (Å²) < 4.78 is 34.2. The van der Waals surface area contributed by atoms with Crippen LogP contribution in [0.1, 0.15) is 52.0 Å². The first-order chi connectivity index (χ1) is 15.6. The molecule has 3 rings (SSSR count). The van der Waals surface area contributed by atoms with Crippen molar-refractivity contribution in [3.8, 4) is 5.75 Å². The van der Waals surface area contributed by atoms with E-state index in [1.54, 1.807) is 32.2 Å². The summed E-state index contributed by atoms with van der Waals surface area (Å²) >= 11 is 0. The minimum absolute atomic E-state index is 0.0774. The molecule has 0 radical (unpaired) electrons. The molecule has 0 aromatic heterocycles. The maximum atomic E-state index is 13.2. The number of amides is 1. The van der Waals surface area contributed by atoms with E-state index in [4.69, 9.17) is 4.74 Å². The number of methoxy groups -OCH3 is 1. The van der Waals surface area contributed by atoms with Crippen LogP contribution in [0, 0.1) is 20.8 Å². The molecule has 0 saturated carbocycles. The smallest absolute Gasteiger partial charge is 0.262 e. The molecule has 0 saturated heterocycles. The van der Waals surface area contributed by atoms with Crippen LogP contribution in [-0.4, -0.2) is 21.4 Å². The molecule has 0 aliphatic rings. The second kappa shape index (κ2) is 10.1. The zero-order valence-electron chi connectivity index (χ0n) is 19.6. The maximum absolute atomic E-state index is 13.2. The molecule has 0 fully saturated rings.